The van der Waals surface area contributed by atoms with Crippen LogP contribution in [0.4, 0.5) is 4.39 Å². The second-order valence-electron chi connectivity index (χ2n) is 4.45. The van der Waals surface area contributed by atoms with Crippen LogP contribution < -0.4 is 0 Å². The molecule has 0 amide bonds. The standard InChI is InChI=1S/C13H15BrFNO2/c14-10-5-9(6-11(15)7-10)8-18-13-3-1-12(16-17)2-4-13/h5-7,13,17H,1-4,8H2. The van der Waals surface area contributed by atoms with Crippen molar-refractivity contribution in [2.75, 3.05) is 0 Å². The Morgan fingerprint density at radius 1 is 1.33 bits per heavy atom. The van der Waals surface area contributed by atoms with Gasteiger partial charge in [-0.25, -0.2) is 4.39 Å². The fraction of sp³-hybridized carbons (Fsp3) is 0.462. The molecule has 1 saturated carbocycles. The summed E-state index contributed by atoms with van der Waals surface area (Å²) in [5, 5.41) is 11.9. The van der Waals surface area contributed by atoms with Gasteiger partial charge in [-0.1, -0.05) is 21.1 Å². The molecule has 3 nitrogen and oxygen atoms in total. The van der Waals surface area contributed by atoms with Gasteiger partial charge in [-0.2, -0.15) is 0 Å². The molecule has 0 unspecified atom stereocenters. The molecule has 0 bridgehead atoms. The van der Waals surface area contributed by atoms with E-state index in [1.807, 2.05) is 6.07 Å². The number of benzene rings is 1. The lowest BCUT2D eigenvalue weighted by atomic mass is 9.96. The van der Waals surface area contributed by atoms with E-state index in [9.17, 15) is 4.39 Å². The molecule has 0 heterocycles. The fourth-order valence-corrected chi connectivity index (χ4v) is 2.61. The number of rotatable bonds is 3. The molecule has 1 aliphatic rings. The molecule has 0 saturated heterocycles. The first-order valence-electron chi connectivity index (χ1n) is 5.94. The normalized spacial score (nSPS) is 19.9. The Kier molecular flexibility index (Phi) is 4.72. The van der Waals surface area contributed by atoms with Gasteiger partial charge in [0.25, 0.3) is 0 Å². The summed E-state index contributed by atoms with van der Waals surface area (Å²) in [6.45, 7) is 0.409. The van der Waals surface area contributed by atoms with Crippen LogP contribution in [0.1, 0.15) is 31.2 Å². The number of ether oxygens (including phenoxy) is 1. The summed E-state index contributed by atoms with van der Waals surface area (Å²) >= 11 is 3.26. The highest BCUT2D eigenvalue weighted by molar-refractivity contribution is 9.10. The number of oxime groups is 1. The summed E-state index contributed by atoms with van der Waals surface area (Å²) in [5.41, 5.74) is 1.66. The molecule has 0 radical (unpaired) electrons. The molecule has 1 aromatic carbocycles. The number of hydrogen-bond donors (Lipinski definition) is 1. The predicted molar refractivity (Wildman–Crippen MR) is 70.4 cm³/mol. The lowest BCUT2D eigenvalue weighted by Crippen LogP contribution is -2.21. The SMILES string of the molecule is ON=C1CCC(OCc2cc(F)cc(Br)c2)CC1. The maximum atomic E-state index is 13.2. The van der Waals surface area contributed by atoms with E-state index in [-0.39, 0.29) is 11.9 Å². The molecule has 2 rings (SSSR count). The average Bonchev–Trinajstić information content (AvgIpc) is 2.36. The summed E-state index contributed by atoms with van der Waals surface area (Å²) in [4.78, 5) is 0. The molecule has 0 aromatic heterocycles. The first-order chi connectivity index (χ1) is 8.67. The van der Waals surface area contributed by atoms with Crippen LogP contribution in [0.15, 0.2) is 27.8 Å². The van der Waals surface area contributed by atoms with Crippen molar-refractivity contribution in [2.24, 2.45) is 5.16 Å². The van der Waals surface area contributed by atoms with Crippen LogP contribution in [0.2, 0.25) is 0 Å². The van der Waals surface area contributed by atoms with Crippen LogP contribution in [-0.2, 0) is 11.3 Å². The Labute approximate surface area is 114 Å². The molecular formula is C13H15BrFNO2. The first-order valence-corrected chi connectivity index (χ1v) is 6.73. The van der Waals surface area contributed by atoms with Crippen LogP contribution >= 0.6 is 15.9 Å². The number of hydrogen-bond acceptors (Lipinski definition) is 3. The van der Waals surface area contributed by atoms with Crippen molar-refractivity contribution >= 4 is 21.6 Å². The van der Waals surface area contributed by atoms with Crippen molar-refractivity contribution in [2.45, 2.75) is 38.4 Å². The summed E-state index contributed by atoms with van der Waals surface area (Å²) in [7, 11) is 0. The molecule has 0 spiro atoms. The van der Waals surface area contributed by atoms with Crippen molar-refractivity contribution in [3.8, 4) is 0 Å². The highest BCUT2D eigenvalue weighted by Crippen LogP contribution is 2.21. The zero-order chi connectivity index (χ0) is 13.0. The van der Waals surface area contributed by atoms with Crippen molar-refractivity contribution in [3.63, 3.8) is 0 Å². The van der Waals surface area contributed by atoms with Gasteiger partial charge in [-0.05, 0) is 49.4 Å². The lowest BCUT2D eigenvalue weighted by molar-refractivity contribution is 0.0276. The van der Waals surface area contributed by atoms with Crippen molar-refractivity contribution < 1.29 is 14.3 Å². The number of nitrogens with zero attached hydrogens (tertiary/aromatic N) is 1. The summed E-state index contributed by atoms with van der Waals surface area (Å²) in [5.74, 6) is -0.263. The van der Waals surface area contributed by atoms with E-state index >= 15 is 0 Å². The molecular weight excluding hydrogens is 301 g/mol. The second-order valence-corrected chi connectivity index (χ2v) is 5.37. The van der Waals surface area contributed by atoms with Crippen LogP contribution in [0, 0.1) is 5.82 Å². The monoisotopic (exact) mass is 315 g/mol. The van der Waals surface area contributed by atoms with E-state index in [0.717, 1.165) is 41.4 Å². The predicted octanol–water partition coefficient (Wildman–Crippen LogP) is 3.88. The molecule has 1 N–H and O–H groups in total. The van der Waals surface area contributed by atoms with Crippen LogP contribution in [-0.4, -0.2) is 17.0 Å². The third-order valence-electron chi connectivity index (χ3n) is 3.06. The first kappa shape index (κ1) is 13.5. The van der Waals surface area contributed by atoms with E-state index in [2.05, 4.69) is 21.1 Å². The topological polar surface area (TPSA) is 41.8 Å². The molecule has 1 fully saturated rings. The molecule has 5 heteroatoms. The van der Waals surface area contributed by atoms with E-state index in [0.29, 0.717) is 6.61 Å². The van der Waals surface area contributed by atoms with Gasteiger partial charge in [-0.15, -0.1) is 0 Å². The van der Waals surface area contributed by atoms with Gasteiger partial charge >= 0.3 is 0 Å². The van der Waals surface area contributed by atoms with Crippen LogP contribution in [0.3, 0.4) is 0 Å². The largest absolute Gasteiger partial charge is 0.411 e. The number of halogens is 2. The molecule has 0 aliphatic heterocycles. The summed E-state index contributed by atoms with van der Waals surface area (Å²) < 4.78 is 19.6. The summed E-state index contributed by atoms with van der Waals surface area (Å²) in [6, 6.07) is 4.76. The van der Waals surface area contributed by atoms with Crippen LogP contribution in [0.5, 0.6) is 0 Å². The van der Waals surface area contributed by atoms with Gasteiger partial charge in [0.1, 0.15) is 5.82 Å². The van der Waals surface area contributed by atoms with E-state index in [1.165, 1.54) is 12.1 Å². The maximum Gasteiger partial charge on any atom is 0.124 e. The Bertz CT molecular complexity index is 420. The van der Waals surface area contributed by atoms with Crippen molar-refractivity contribution in [1.29, 1.82) is 0 Å². The minimum atomic E-state index is -0.263. The molecule has 98 valence electrons. The Morgan fingerprint density at radius 2 is 2.06 bits per heavy atom. The highest BCUT2D eigenvalue weighted by Gasteiger charge is 2.18. The average molecular weight is 316 g/mol. The Morgan fingerprint density at radius 3 is 2.67 bits per heavy atom. The maximum absolute atomic E-state index is 13.2. The minimum Gasteiger partial charge on any atom is -0.411 e. The van der Waals surface area contributed by atoms with Crippen LogP contribution in [0.25, 0.3) is 0 Å². The fourth-order valence-electron chi connectivity index (χ4n) is 2.10. The highest BCUT2D eigenvalue weighted by atomic mass is 79.9. The smallest absolute Gasteiger partial charge is 0.124 e. The zero-order valence-electron chi connectivity index (χ0n) is 9.90. The van der Waals surface area contributed by atoms with Gasteiger partial charge in [0.05, 0.1) is 18.4 Å². The van der Waals surface area contributed by atoms with Gasteiger partial charge < -0.3 is 9.94 Å². The second kappa shape index (κ2) is 6.29. The molecule has 18 heavy (non-hydrogen) atoms. The van der Waals surface area contributed by atoms with Crippen molar-refractivity contribution in [1.82, 2.24) is 0 Å². The van der Waals surface area contributed by atoms with Crippen molar-refractivity contribution in [3.05, 3.63) is 34.1 Å². The Hall–Kier alpha value is -0.940. The zero-order valence-corrected chi connectivity index (χ0v) is 11.5. The van der Waals surface area contributed by atoms with Gasteiger partial charge in [0.2, 0.25) is 0 Å². The molecule has 1 aromatic rings. The van der Waals surface area contributed by atoms with Gasteiger partial charge in [0, 0.05) is 4.47 Å². The quantitative estimate of drug-likeness (QED) is 0.679. The lowest BCUT2D eigenvalue weighted by Gasteiger charge is -2.22. The molecule has 0 atom stereocenters. The Balaban J connectivity index is 1.85. The molecule has 1 aliphatic carbocycles. The van der Waals surface area contributed by atoms with E-state index in [1.54, 1.807) is 0 Å². The van der Waals surface area contributed by atoms with Gasteiger partial charge in [-0.3, -0.25) is 0 Å². The van der Waals surface area contributed by atoms with E-state index < -0.39 is 0 Å². The minimum absolute atomic E-state index is 0.164. The summed E-state index contributed by atoms with van der Waals surface area (Å²) in [6.07, 6.45) is 3.42. The van der Waals surface area contributed by atoms with Gasteiger partial charge in [0.15, 0.2) is 0 Å². The van der Waals surface area contributed by atoms with E-state index in [4.69, 9.17) is 9.94 Å². The third-order valence-corrected chi connectivity index (χ3v) is 3.52. The third kappa shape index (κ3) is 3.78.